The summed E-state index contributed by atoms with van der Waals surface area (Å²) in [5, 5.41) is 10.3. The number of fused-ring (bicyclic) bond motifs is 1. The third-order valence-electron chi connectivity index (χ3n) is 4.08. The molecule has 0 amide bonds. The van der Waals surface area contributed by atoms with Crippen LogP contribution in [0.25, 0.3) is 22.3 Å². The molecule has 4 rings (SSSR count). The number of furan rings is 1. The van der Waals surface area contributed by atoms with Crippen molar-refractivity contribution in [3.05, 3.63) is 86.8 Å². The van der Waals surface area contributed by atoms with Gasteiger partial charge in [-0.15, -0.1) is 0 Å². The predicted octanol–water partition coefficient (Wildman–Crippen LogP) is 6.56. The second kappa shape index (κ2) is 6.74. The summed E-state index contributed by atoms with van der Waals surface area (Å²) in [6.07, 6.45) is 0. The van der Waals surface area contributed by atoms with Crippen molar-refractivity contribution >= 4 is 48.6 Å². The average molecular weight is 472 g/mol. The highest BCUT2D eigenvalue weighted by Gasteiger charge is 2.23. The molecule has 26 heavy (non-hydrogen) atoms. The fourth-order valence-corrected chi connectivity index (χ4v) is 4.21. The second-order valence-corrected chi connectivity index (χ2v) is 7.67. The van der Waals surface area contributed by atoms with Gasteiger partial charge in [-0.2, -0.15) is 0 Å². The molecule has 4 aromatic rings. The number of hydrogen-bond acceptors (Lipinski definition) is 3. The summed E-state index contributed by atoms with van der Waals surface area (Å²) in [6, 6.07) is 19.6. The lowest BCUT2D eigenvalue weighted by Gasteiger charge is -2.05. The van der Waals surface area contributed by atoms with Crippen LogP contribution in [-0.4, -0.2) is 10.9 Å². The number of halogens is 2. The first kappa shape index (κ1) is 17.1. The summed E-state index contributed by atoms with van der Waals surface area (Å²) in [5.41, 5.74) is 2.44. The van der Waals surface area contributed by atoms with E-state index in [9.17, 15) is 9.90 Å². The van der Waals surface area contributed by atoms with E-state index in [1.165, 1.54) is 0 Å². The van der Waals surface area contributed by atoms with Crippen molar-refractivity contribution in [3.8, 4) is 17.1 Å². The van der Waals surface area contributed by atoms with Gasteiger partial charge in [0.1, 0.15) is 17.1 Å². The van der Waals surface area contributed by atoms with E-state index in [0.29, 0.717) is 22.5 Å². The first-order valence-electron chi connectivity index (χ1n) is 7.84. The maximum atomic E-state index is 13.3. The summed E-state index contributed by atoms with van der Waals surface area (Å²) < 4.78 is 7.63. The normalized spacial score (nSPS) is 11.0. The lowest BCUT2D eigenvalue weighted by atomic mass is 9.97. The van der Waals surface area contributed by atoms with Crippen molar-refractivity contribution in [2.45, 2.75) is 0 Å². The minimum absolute atomic E-state index is 0.125. The molecule has 0 radical (unpaired) electrons. The maximum absolute atomic E-state index is 13.3. The van der Waals surface area contributed by atoms with E-state index in [2.05, 4.69) is 31.9 Å². The van der Waals surface area contributed by atoms with Crippen LogP contribution < -0.4 is 0 Å². The van der Waals surface area contributed by atoms with Gasteiger partial charge in [0.05, 0.1) is 5.56 Å². The molecule has 0 bridgehead atoms. The number of ketones is 1. The Labute approximate surface area is 166 Å². The molecule has 128 valence electrons. The van der Waals surface area contributed by atoms with Gasteiger partial charge in [-0.1, -0.05) is 50.1 Å². The number of phenols is 1. The van der Waals surface area contributed by atoms with Crippen LogP contribution in [0.2, 0.25) is 0 Å². The highest BCUT2D eigenvalue weighted by atomic mass is 79.9. The number of hydrogen-bond donors (Lipinski definition) is 1. The summed E-state index contributed by atoms with van der Waals surface area (Å²) in [4.78, 5) is 13.3. The number of aromatic hydroxyl groups is 1. The summed E-state index contributed by atoms with van der Waals surface area (Å²) >= 11 is 6.86. The molecule has 3 aromatic carbocycles. The third-order valence-corrected chi connectivity index (χ3v) is 4.99. The Morgan fingerprint density at radius 1 is 0.885 bits per heavy atom. The van der Waals surface area contributed by atoms with Crippen LogP contribution in [-0.2, 0) is 0 Å². The minimum atomic E-state index is -0.125. The lowest BCUT2D eigenvalue weighted by Crippen LogP contribution is -2.02. The van der Waals surface area contributed by atoms with Gasteiger partial charge in [-0.3, -0.25) is 4.79 Å². The first-order valence-corrected chi connectivity index (χ1v) is 9.43. The molecule has 0 aliphatic rings. The van der Waals surface area contributed by atoms with Crippen molar-refractivity contribution in [2.75, 3.05) is 0 Å². The summed E-state index contributed by atoms with van der Waals surface area (Å²) in [6.45, 7) is 0. The minimum Gasteiger partial charge on any atom is -0.508 e. The van der Waals surface area contributed by atoms with Gasteiger partial charge in [-0.05, 0) is 48.5 Å². The molecule has 0 unspecified atom stereocenters. The Morgan fingerprint density at radius 3 is 2.23 bits per heavy atom. The van der Waals surface area contributed by atoms with Crippen LogP contribution in [0.3, 0.4) is 0 Å². The molecule has 5 heteroatoms. The number of benzene rings is 3. The van der Waals surface area contributed by atoms with Crippen LogP contribution in [0, 0.1) is 0 Å². The molecule has 0 atom stereocenters. The molecular formula is C21H12Br2O3. The summed E-state index contributed by atoms with van der Waals surface area (Å²) in [5.74, 6) is 0.529. The number of para-hydroxylation sites is 1. The van der Waals surface area contributed by atoms with Gasteiger partial charge in [0.25, 0.3) is 0 Å². The van der Waals surface area contributed by atoms with E-state index in [4.69, 9.17) is 4.42 Å². The van der Waals surface area contributed by atoms with Gasteiger partial charge in [0.15, 0.2) is 5.78 Å². The molecule has 1 aromatic heterocycles. The average Bonchev–Trinajstić information content (AvgIpc) is 3.00. The molecule has 0 aliphatic carbocycles. The van der Waals surface area contributed by atoms with Crippen molar-refractivity contribution in [1.29, 1.82) is 0 Å². The molecule has 1 heterocycles. The number of carbonyl (C=O) groups is 1. The zero-order chi connectivity index (χ0) is 18.3. The van der Waals surface area contributed by atoms with Crippen molar-refractivity contribution < 1.29 is 14.3 Å². The van der Waals surface area contributed by atoms with Gasteiger partial charge < -0.3 is 9.52 Å². The maximum Gasteiger partial charge on any atom is 0.197 e. The second-order valence-electron chi connectivity index (χ2n) is 5.84. The molecular weight excluding hydrogens is 460 g/mol. The van der Waals surface area contributed by atoms with E-state index in [0.717, 1.165) is 19.9 Å². The topological polar surface area (TPSA) is 50.4 Å². The fraction of sp³-hybridized carbons (Fsp3) is 0. The first-order chi connectivity index (χ1) is 12.5. The Morgan fingerprint density at radius 2 is 1.54 bits per heavy atom. The van der Waals surface area contributed by atoms with Crippen LogP contribution in [0.1, 0.15) is 15.9 Å². The molecule has 0 fully saturated rings. The highest BCUT2D eigenvalue weighted by molar-refractivity contribution is 9.11. The zero-order valence-electron chi connectivity index (χ0n) is 13.4. The Kier molecular flexibility index (Phi) is 4.42. The quantitative estimate of drug-likeness (QED) is 0.344. The number of phenolic OH excluding ortho intramolecular Hbond substituents is 1. The van der Waals surface area contributed by atoms with Crippen molar-refractivity contribution in [2.24, 2.45) is 0 Å². The van der Waals surface area contributed by atoms with Gasteiger partial charge in [0.2, 0.25) is 0 Å². The Bertz CT molecular complexity index is 1110. The largest absolute Gasteiger partial charge is 0.508 e. The SMILES string of the molecule is O=C(c1cc(Br)cc(Br)c1)c1c(-c2ccc(O)cc2)oc2ccccc12. The zero-order valence-corrected chi connectivity index (χ0v) is 16.5. The molecule has 0 saturated carbocycles. The van der Waals surface area contributed by atoms with E-state index < -0.39 is 0 Å². The van der Waals surface area contributed by atoms with Gasteiger partial charge in [-0.25, -0.2) is 0 Å². The molecule has 0 saturated heterocycles. The van der Waals surface area contributed by atoms with Gasteiger partial charge in [0, 0.05) is 25.5 Å². The van der Waals surface area contributed by atoms with E-state index in [1.54, 1.807) is 36.4 Å². The Hall–Kier alpha value is -2.37. The molecule has 1 N–H and O–H groups in total. The number of rotatable bonds is 3. The lowest BCUT2D eigenvalue weighted by molar-refractivity contribution is 0.104. The van der Waals surface area contributed by atoms with Crippen LogP contribution in [0.15, 0.2) is 80.1 Å². The van der Waals surface area contributed by atoms with E-state index >= 15 is 0 Å². The van der Waals surface area contributed by atoms with Crippen molar-refractivity contribution in [1.82, 2.24) is 0 Å². The highest BCUT2D eigenvalue weighted by Crippen LogP contribution is 2.36. The molecule has 0 spiro atoms. The summed E-state index contributed by atoms with van der Waals surface area (Å²) in [7, 11) is 0. The van der Waals surface area contributed by atoms with Crippen LogP contribution in [0.5, 0.6) is 5.75 Å². The van der Waals surface area contributed by atoms with E-state index in [-0.39, 0.29) is 11.5 Å². The smallest absolute Gasteiger partial charge is 0.197 e. The molecule has 0 aliphatic heterocycles. The monoisotopic (exact) mass is 470 g/mol. The third kappa shape index (κ3) is 3.08. The van der Waals surface area contributed by atoms with Crippen molar-refractivity contribution in [3.63, 3.8) is 0 Å². The van der Waals surface area contributed by atoms with Gasteiger partial charge >= 0.3 is 0 Å². The molecule has 3 nitrogen and oxygen atoms in total. The number of carbonyl (C=O) groups excluding carboxylic acids is 1. The Balaban J connectivity index is 1.96. The van der Waals surface area contributed by atoms with E-state index in [1.807, 2.05) is 30.3 Å². The fourth-order valence-electron chi connectivity index (χ4n) is 2.92. The van der Waals surface area contributed by atoms with Crippen LogP contribution in [0.4, 0.5) is 0 Å². The van der Waals surface area contributed by atoms with Crippen LogP contribution >= 0.6 is 31.9 Å². The predicted molar refractivity (Wildman–Crippen MR) is 109 cm³/mol. The standard InChI is InChI=1S/C21H12Br2O3/c22-14-9-13(10-15(23)11-14)20(25)19-17-3-1-2-4-18(17)26-21(19)12-5-7-16(24)8-6-12/h1-11,24H.